The van der Waals surface area contributed by atoms with E-state index in [4.69, 9.17) is 11.6 Å². The minimum Gasteiger partial charge on any atom is -0.207 e. The van der Waals surface area contributed by atoms with Crippen molar-refractivity contribution < 1.29 is 12.8 Å². The fourth-order valence-corrected chi connectivity index (χ4v) is 3.14. The van der Waals surface area contributed by atoms with E-state index in [0.717, 1.165) is 10.4 Å². The van der Waals surface area contributed by atoms with Crippen LogP contribution in [0.15, 0.2) is 53.4 Å². The van der Waals surface area contributed by atoms with Crippen LogP contribution < -0.4 is 0 Å². The van der Waals surface area contributed by atoms with Gasteiger partial charge >= 0.3 is 0 Å². The fourth-order valence-electron chi connectivity index (χ4n) is 1.76. The summed E-state index contributed by atoms with van der Waals surface area (Å²) in [6.07, 6.45) is 0. The van der Waals surface area contributed by atoms with Gasteiger partial charge < -0.3 is 0 Å². The van der Waals surface area contributed by atoms with Crippen LogP contribution in [0.1, 0.15) is 5.56 Å². The van der Waals surface area contributed by atoms with E-state index in [2.05, 4.69) is 0 Å². The molecule has 0 saturated carbocycles. The van der Waals surface area contributed by atoms with Crippen molar-refractivity contribution in [3.05, 3.63) is 64.9 Å². The van der Waals surface area contributed by atoms with Crippen molar-refractivity contribution in [2.45, 2.75) is 11.4 Å². The third-order valence-corrected chi connectivity index (χ3v) is 5.02. The van der Waals surface area contributed by atoms with Crippen molar-refractivity contribution >= 4 is 21.6 Å². The maximum Gasteiger partial charge on any atom is 0.243 e. The second kappa shape index (κ2) is 5.91. The molecule has 6 heteroatoms. The predicted molar refractivity (Wildman–Crippen MR) is 76.5 cm³/mol. The average Bonchev–Trinajstić information content (AvgIpc) is 2.41. The number of rotatable bonds is 4. The van der Waals surface area contributed by atoms with E-state index in [-0.39, 0.29) is 11.4 Å². The summed E-state index contributed by atoms with van der Waals surface area (Å²) in [5, 5.41) is 0.494. The van der Waals surface area contributed by atoms with Gasteiger partial charge in [-0.05, 0) is 29.8 Å². The van der Waals surface area contributed by atoms with Crippen molar-refractivity contribution in [2.24, 2.45) is 0 Å². The molecule has 0 aliphatic rings. The molecule has 0 amide bonds. The molecule has 0 aliphatic carbocycles. The number of nitrogens with zero attached hydrogens (tertiary/aromatic N) is 1. The van der Waals surface area contributed by atoms with Gasteiger partial charge in [-0.2, -0.15) is 4.31 Å². The predicted octanol–water partition coefficient (Wildman–Crippen LogP) is 3.30. The molecule has 20 heavy (non-hydrogen) atoms. The summed E-state index contributed by atoms with van der Waals surface area (Å²) in [5.41, 5.74) is 0.691. The molecule has 106 valence electrons. The van der Waals surface area contributed by atoms with Gasteiger partial charge in [0.2, 0.25) is 10.0 Å². The van der Waals surface area contributed by atoms with Crippen LogP contribution >= 0.6 is 11.6 Å². The second-order valence-electron chi connectivity index (χ2n) is 4.31. The zero-order chi connectivity index (χ0) is 14.8. The Hall–Kier alpha value is -1.43. The smallest absolute Gasteiger partial charge is 0.207 e. The standard InChI is InChI=1S/C14H13ClFNO2S/c1-17(10-11-5-2-3-8-14(11)15)20(18,19)13-7-4-6-12(16)9-13/h2-9H,10H2,1H3. The Morgan fingerprint density at radius 3 is 2.50 bits per heavy atom. The van der Waals surface area contributed by atoms with E-state index in [1.807, 2.05) is 0 Å². The van der Waals surface area contributed by atoms with E-state index in [0.29, 0.717) is 10.6 Å². The zero-order valence-corrected chi connectivity index (χ0v) is 12.3. The summed E-state index contributed by atoms with van der Waals surface area (Å²) < 4.78 is 38.9. The molecule has 2 aromatic carbocycles. The largest absolute Gasteiger partial charge is 0.243 e. The molecule has 0 radical (unpaired) electrons. The minimum atomic E-state index is -3.74. The molecule has 2 aromatic rings. The fraction of sp³-hybridized carbons (Fsp3) is 0.143. The highest BCUT2D eigenvalue weighted by Crippen LogP contribution is 2.21. The van der Waals surface area contributed by atoms with Crippen LogP contribution in [0, 0.1) is 5.82 Å². The lowest BCUT2D eigenvalue weighted by atomic mass is 10.2. The van der Waals surface area contributed by atoms with Gasteiger partial charge in [0.05, 0.1) is 4.90 Å². The van der Waals surface area contributed by atoms with Gasteiger partial charge in [0.25, 0.3) is 0 Å². The van der Waals surface area contributed by atoms with Crippen LogP contribution in [0.3, 0.4) is 0 Å². The molecule has 0 N–H and O–H groups in total. The van der Waals surface area contributed by atoms with Gasteiger partial charge in [-0.3, -0.25) is 0 Å². The van der Waals surface area contributed by atoms with Crippen LogP contribution in [0.5, 0.6) is 0 Å². The van der Waals surface area contributed by atoms with Crippen molar-refractivity contribution in [3.8, 4) is 0 Å². The van der Waals surface area contributed by atoms with Crippen LogP contribution in [-0.4, -0.2) is 19.8 Å². The van der Waals surface area contributed by atoms with Gasteiger partial charge in [-0.1, -0.05) is 35.9 Å². The summed E-state index contributed by atoms with van der Waals surface area (Å²) in [5.74, 6) is -0.586. The quantitative estimate of drug-likeness (QED) is 0.868. The lowest BCUT2D eigenvalue weighted by Gasteiger charge is -2.18. The molecular formula is C14H13ClFNO2S. The minimum absolute atomic E-state index is 0.0768. The lowest BCUT2D eigenvalue weighted by Crippen LogP contribution is -2.26. The van der Waals surface area contributed by atoms with Crippen LogP contribution in [-0.2, 0) is 16.6 Å². The van der Waals surface area contributed by atoms with Gasteiger partial charge in [0.1, 0.15) is 5.82 Å². The number of hydrogen-bond donors (Lipinski definition) is 0. The number of hydrogen-bond acceptors (Lipinski definition) is 2. The molecule has 0 heterocycles. The first-order valence-corrected chi connectivity index (χ1v) is 7.68. The van der Waals surface area contributed by atoms with Gasteiger partial charge in [-0.15, -0.1) is 0 Å². The number of benzene rings is 2. The molecule has 0 spiro atoms. The third kappa shape index (κ3) is 3.17. The van der Waals surface area contributed by atoms with Crippen molar-refractivity contribution in [1.29, 1.82) is 0 Å². The molecule has 0 aromatic heterocycles. The zero-order valence-electron chi connectivity index (χ0n) is 10.8. The Morgan fingerprint density at radius 2 is 1.85 bits per heavy atom. The third-order valence-electron chi connectivity index (χ3n) is 2.86. The van der Waals surface area contributed by atoms with E-state index in [1.54, 1.807) is 24.3 Å². The Bertz CT molecular complexity index is 719. The molecule has 0 atom stereocenters. The van der Waals surface area contributed by atoms with Gasteiger partial charge in [0.15, 0.2) is 0 Å². The Labute approximate surface area is 122 Å². The monoisotopic (exact) mass is 313 g/mol. The van der Waals surface area contributed by atoms with Gasteiger partial charge in [0, 0.05) is 18.6 Å². The molecule has 0 unspecified atom stereocenters. The summed E-state index contributed by atoms with van der Waals surface area (Å²) in [6, 6.07) is 11.9. The van der Waals surface area contributed by atoms with Crippen LogP contribution in [0.4, 0.5) is 4.39 Å². The number of sulfonamides is 1. The van der Waals surface area contributed by atoms with Crippen molar-refractivity contribution in [3.63, 3.8) is 0 Å². The van der Waals surface area contributed by atoms with Crippen molar-refractivity contribution in [1.82, 2.24) is 4.31 Å². The number of halogens is 2. The molecule has 3 nitrogen and oxygen atoms in total. The van der Waals surface area contributed by atoms with E-state index < -0.39 is 15.8 Å². The average molecular weight is 314 g/mol. The van der Waals surface area contributed by atoms with Crippen LogP contribution in [0.2, 0.25) is 5.02 Å². The van der Waals surface area contributed by atoms with Gasteiger partial charge in [-0.25, -0.2) is 12.8 Å². The summed E-state index contributed by atoms with van der Waals surface area (Å²) in [4.78, 5) is -0.0768. The second-order valence-corrected chi connectivity index (χ2v) is 6.76. The molecule has 0 saturated heterocycles. The highest BCUT2D eigenvalue weighted by Gasteiger charge is 2.21. The van der Waals surface area contributed by atoms with E-state index >= 15 is 0 Å². The van der Waals surface area contributed by atoms with Crippen LogP contribution in [0.25, 0.3) is 0 Å². The SMILES string of the molecule is CN(Cc1ccccc1Cl)S(=O)(=O)c1cccc(F)c1. The highest BCUT2D eigenvalue weighted by molar-refractivity contribution is 7.89. The maximum absolute atomic E-state index is 13.1. The lowest BCUT2D eigenvalue weighted by molar-refractivity contribution is 0.466. The highest BCUT2D eigenvalue weighted by atomic mass is 35.5. The molecule has 0 bridgehead atoms. The normalized spacial score (nSPS) is 11.8. The first-order valence-electron chi connectivity index (χ1n) is 5.86. The molecular weight excluding hydrogens is 301 g/mol. The summed E-state index contributed by atoms with van der Waals surface area (Å²) >= 11 is 6.01. The summed E-state index contributed by atoms with van der Waals surface area (Å²) in [6.45, 7) is 0.124. The Kier molecular flexibility index (Phi) is 4.42. The molecule has 0 aliphatic heterocycles. The Morgan fingerprint density at radius 1 is 1.15 bits per heavy atom. The topological polar surface area (TPSA) is 37.4 Å². The van der Waals surface area contributed by atoms with Crippen molar-refractivity contribution in [2.75, 3.05) is 7.05 Å². The maximum atomic E-state index is 13.1. The Balaban J connectivity index is 2.29. The van der Waals surface area contributed by atoms with E-state index in [9.17, 15) is 12.8 Å². The van der Waals surface area contributed by atoms with E-state index in [1.165, 1.54) is 25.2 Å². The molecule has 2 rings (SSSR count). The first-order chi connectivity index (χ1) is 9.41. The summed E-state index contributed by atoms with van der Waals surface area (Å²) in [7, 11) is -2.31. The first kappa shape index (κ1) is 15.0. The molecule has 0 fully saturated rings.